The summed E-state index contributed by atoms with van der Waals surface area (Å²) in [7, 11) is -2.57. The van der Waals surface area contributed by atoms with Crippen LogP contribution in [-0.2, 0) is 9.22 Å². The molecule has 0 fully saturated rings. The molecule has 0 spiro atoms. The smallest absolute Gasteiger partial charge is 0.489 e. The molecule has 0 heterocycles. The number of rotatable bonds is 30. The van der Waals surface area contributed by atoms with E-state index >= 15 is 0 Å². The van der Waals surface area contributed by atoms with Crippen LogP contribution in [0.15, 0.2) is 0 Å². The third kappa shape index (κ3) is 29.0. The Balaban J connectivity index is 3.22. The molecular weight excluding hydrogens is 525 g/mol. The molecule has 0 rings (SSSR count). The van der Waals surface area contributed by atoms with Gasteiger partial charge in [-0.2, -0.15) is 13.2 Å². The summed E-state index contributed by atoms with van der Waals surface area (Å²) in [5.41, 5.74) is 0. The number of halogens is 3. The summed E-state index contributed by atoms with van der Waals surface area (Å²) in [4.78, 5) is 11.0. The number of carbonyl (C=O) groups is 1. The normalized spacial score (nSPS) is 12.2. The van der Waals surface area contributed by atoms with Gasteiger partial charge in [0.1, 0.15) is 0 Å². The van der Waals surface area contributed by atoms with Gasteiger partial charge in [-0.3, -0.25) is 0 Å². The highest BCUT2D eigenvalue weighted by atomic mass is 28.4. The fourth-order valence-corrected chi connectivity index (χ4v) is 7.40. The van der Waals surface area contributed by atoms with Crippen LogP contribution in [0.3, 0.4) is 0 Å². The fraction of sp³-hybridized carbons (Fsp3) is 0.971. The number of unbranched alkanes of at least 4 members (excludes halogenated alkanes) is 27. The van der Waals surface area contributed by atoms with Crippen molar-refractivity contribution in [1.29, 1.82) is 0 Å². The Morgan fingerprint density at radius 2 is 0.700 bits per heavy atom. The van der Waals surface area contributed by atoms with Gasteiger partial charge in [0, 0.05) is 0 Å². The predicted octanol–water partition coefficient (Wildman–Crippen LogP) is 13.2. The van der Waals surface area contributed by atoms with Crippen molar-refractivity contribution in [3.05, 3.63) is 0 Å². The Labute approximate surface area is 248 Å². The van der Waals surface area contributed by atoms with Crippen molar-refractivity contribution in [2.75, 3.05) is 0 Å². The Bertz CT molecular complexity index is 552. The van der Waals surface area contributed by atoms with Crippen molar-refractivity contribution in [2.24, 2.45) is 0 Å². The molecule has 40 heavy (non-hydrogen) atoms. The van der Waals surface area contributed by atoms with E-state index in [0.29, 0.717) is 6.04 Å². The first-order chi connectivity index (χ1) is 19.2. The van der Waals surface area contributed by atoms with Crippen LogP contribution in [0.5, 0.6) is 0 Å². The van der Waals surface area contributed by atoms with E-state index in [2.05, 4.69) is 6.92 Å². The zero-order valence-corrected chi connectivity index (χ0v) is 28.0. The molecule has 0 N–H and O–H groups in total. The van der Waals surface area contributed by atoms with Crippen LogP contribution in [0.2, 0.25) is 19.1 Å². The molecule has 0 aliphatic rings. The minimum atomic E-state index is -4.88. The number of carbonyl (C=O) groups excluding carboxylic acids is 1. The van der Waals surface area contributed by atoms with Crippen molar-refractivity contribution in [3.8, 4) is 0 Å². The average molecular weight is 593 g/mol. The molecule has 0 aromatic heterocycles. The average Bonchev–Trinajstić information content (AvgIpc) is 2.89. The maximum Gasteiger partial charge on any atom is 0.489 e. The lowest BCUT2D eigenvalue weighted by molar-refractivity contribution is -0.190. The van der Waals surface area contributed by atoms with Crippen LogP contribution in [0.25, 0.3) is 0 Å². The molecule has 0 amide bonds. The lowest BCUT2D eigenvalue weighted by atomic mass is 10.0. The second kappa shape index (κ2) is 27.3. The minimum Gasteiger partial charge on any atom is -0.513 e. The standard InChI is InChI=1S/C34H67F3O2Si/c1-4-5-6-7-8-9-10-11-12-13-14-15-16-17-18-19-20-21-22-23-24-25-26-27-28-29-30-31-32-40(2,3)39-33(38)34(35,36)37/h4-32H2,1-3H3. The van der Waals surface area contributed by atoms with E-state index in [1.54, 1.807) is 13.1 Å². The molecule has 6 heteroatoms. The lowest BCUT2D eigenvalue weighted by Gasteiger charge is -2.23. The van der Waals surface area contributed by atoms with Crippen molar-refractivity contribution < 1.29 is 22.4 Å². The SMILES string of the molecule is CCCCCCCCCCCCCCCCCCCCCCCCCCCCCC[Si](C)(C)OC(=O)C(F)(F)F. The first-order valence-electron chi connectivity index (χ1n) is 17.5. The van der Waals surface area contributed by atoms with Gasteiger partial charge in [-0.1, -0.05) is 187 Å². The van der Waals surface area contributed by atoms with Gasteiger partial charge >= 0.3 is 12.1 Å². The molecule has 0 aliphatic carbocycles. The van der Waals surface area contributed by atoms with Crippen LogP contribution in [0.1, 0.15) is 187 Å². The summed E-state index contributed by atoms with van der Waals surface area (Å²) in [6.45, 7) is 5.67. The summed E-state index contributed by atoms with van der Waals surface area (Å²) in [5.74, 6) is -2.02. The zero-order valence-electron chi connectivity index (χ0n) is 27.0. The third-order valence-electron chi connectivity index (χ3n) is 8.23. The number of alkyl halides is 3. The summed E-state index contributed by atoms with van der Waals surface area (Å²) >= 11 is 0. The van der Waals surface area contributed by atoms with E-state index in [0.717, 1.165) is 19.3 Å². The van der Waals surface area contributed by atoms with E-state index < -0.39 is 20.5 Å². The van der Waals surface area contributed by atoms with Gasteiger partial charge < -0.3 is 4.43 Å². The van der Waals surface area contributed by atoms with Gasteiger partial charge in [0.25, 0.3) is 0 Å². The largest absolute Gasteiger partial charge is 0.513 e. The highest BCUT2D eigenvalue weighted by Crippen LogP contribution is 2.24. The molecule has 0 aromatic rings. The zero-order chi connectivity index (χ0) is 29.8. The van der Waals surface area contributed by atoms with Gasteiger partial charge in [0.15, 0.2) is 0 Å². The molecule has 0 saturated carbocycles. The summed E-state index contributed by atoms with van der Waals surface area (Å²) in [6.07, 6.45) is 33.1. The maximum atomic E-state index is 12.4. The summed E-state index contributed by atoms with van der Waals surface area (Å²) in [5, 5.41) is 0. The van der Waals surface area contributed by atoms with Crippen molar-refractivity contribution >= 4 is 14.3 Å². The molecule has 0 saturated heterocycles. The summed E-state index contributed by atoms with van der Waals surface area (Å²) < 4.78 is 41.8. The van der Waals surface area contributed by atoms with Crippen molar-refractivity contribution in [2.45, 2.75) is 212 Å². The highest BCUT2D eigenvalue weighted by Gasteiger charge is 2.44. The van der Waals surface area contributed by atoms with Crippen molar-refractivity contribution in [3.63, 3.8) is 0 Å². The van der Waals surface area contributed by atoms with E-state index in [4.69, 9.17) is 4.43 Å². The molecule has 240 valence electrons. The molecule has 0 aromatic carbocycles. The van der Waals surface area contributed by atoms with Crippen LogP contribution in [-0.4, -0.2) is 20.5 Å². The number of hydrogen-bond acceptors (Lipinski definition) is 2. The second-order valence-electron chi connectivity index (χ2n) is 12.9. The Morgan fingerprint density at radius 1 is 0.475 bits per heavy atom. The molecule has 0 unspecified atom stereocenters. The lowest BCUT2D eigenvalue weighted by Crippen LogP contribution is -2.39. The minimum absolute atomic E-state index is 0.605. The van der Waals surface area contributed by atoms with Crippen LogP contribution in [0, 0.1) is 0 Å². The predicted molar refractivity (Wildman–Crippen MR) is 169 cm³/mol. The van der Waals surface area contributed by atoms with Crippen LogP contribution in [0.4, 0.5) is 13.2 Å². The first kappa shape index (κ1) is 39.5. The molecule has 0 aliphatic heterocycles. The van der Waals surface area contributed by atoms with Gasteiger partial charge in [-0.25, -0.2) is 4.79 Å². The Morgan fingerprint density at radius 3 is 0.925 bits per heavy atom. The topological polar surface area (TPSA) is 26.3 Å². The Kier molecular flexibility index (Phi) is 27.0. The highest BCUT2D eigenvalue weighted by molar-refractivity contribution is 6.72. The van der Waals surface area contributed by atoms with Gasteiger partial charge in [0.2, 0.25) is 8.32 Å². The molecule has 0 radical (unpaired) electrons. The van der Waals surface area contributed by atoms with Gasteiger partial charge in [0.05, 0.1) is 0 Å². The van der Waals surface area contributed by atoms with Crippen molar-refractivity contribution in [1.82, 2.24) is 0 Å². The molecule has 2 nitrogen and oxygen atoms in total. The monoisotopic (exact) mass is 592 g/mol. The number of hydrogen-bond donors (Lipinski definition) is 0. The van der Waals surface area contributed by atoms with E-state index in [1.807, 2.05) is 0 Å². The molecular formula is C34H67F3O2Si. The summed E-state index contributed by atoms with van der Waals surface area (Å²) in [6, 6.07) is 0.605. The fourth-order valence-electron chi connectivity index (χ4n) is 5.58. The van der Waals surface area contributed by atoms with E-state index in [1.165, 1.54) is 161 Å². The van der Waals surface area contributed by atoms with Crippen LogP contribution >= 0.6 is 0 Å². The molecule has 0 atom stereocenters. The third-order valence-corrected chi connectivity index (χ3v) is 10.5. The van der Waals surface area contributed by atoms with Gasteiger partial charge in [-0.15, -0.1) is 0 Å². The quantitative estimate of drug-likeness (QED) is 0.0612. The first-order valence-corrected chi connectivity index (χ1v) is 20.6. The molecule has 0 bridgehead atoms. The van der Waals surface area contributed by atoms with E-state index in [9.17, 15) is 18.0 Å². The van der Waals surface area contributed by atoms with Crippen LogP contribution < -0.4 is 0 Å². The van der Waals surface area contributed by atoms with Gasteiger partial charge in [-0.05, 0) is 19.1 Å². The maximum absolute atomic E-state index is 12.4. The second-order valence-corrected chi connectivity index (χ2v) is 17.2. The van der Waals surface area contributed by atoms with E-state index in [-0.39, 0.29) is 0 Å². The Hall–Kier alpha value is -0.523.